The van der Waals surface area contributed by atoms with E-state index in [1.165, 1.54) is 6.20 Å². The zero-order chi connectivity index (χ0) is 10.0. The second-order valence-electron chi connectivity index (χ2n) is 2.68. The Kier molecular flexibility index (Phi) is 2.72. The van der Waals surface area contributed by atoms with E-state index < -0.39 is 0 Å². The number of hydrogen-bond acceptors (Lipinski definition) is 3. The van der Waals surface area contributed by atoms with Crippen molar-refractivity contribution in [2.24, 2.45) is 10.9 Å². The van der Waals surface area contributed by atoms with Crippen molar-refractivity contribution in [2.75, 3.05) is 0 Å². The third-order valence-corrected chi connectivity index (χ3v) is 2.38. The highest BCUT2D eigenvalue weighted by atomic mass is 35.5. The molecule has 1 heterocycles. The van der Waals surface area contributed by atoms with Crippen molar-refractivity contribution in [1.82, 2.24) is 4.98 Å². The Balaban J connectivity index is 3.34. The number of aromatic nitrogens is 1. The van der Waals surface area contributed by atoms with Gasteiger partial charge in [0.1, 0.15) is 0 Å². The molecule has 1 rings (SSSR count). The van der Waals surface area contributed by atoms with Crippen molar-refractivity contribution in [3.63, 3.8) is 0 Å². The highest BCUT2D eigenvalue weighted by molar-refractivity contribution is 6.32. The second kappa shape index (κ2) is 3.62. The minimum absolute atomic E-state index is 0.0203. The van der Waals surface area contributed by atoms with Crippen LogP contribution in [-0.4, -0.2) is 16.0 Å². The van der Waals surface area contributed by atoms with Gasteiger partial charge in [-0.25, -0.2) is 0 Å². The summed E-state index contributed by atoms with van der Waals surface area (Å²) in [5.74, 6) is 0.0203. The topological polar surface area (TPSA) is 71.5 Å². The molecule has 5 heteroatoms. The molecule has 3 N–H and O–H groups in total. The summed E-state index contributed by atoms with van der Waals surface area (Å²) < 4.78 is 0. The fourth-order valence-corrected chi connectivity index (χ4v) is 1.17. The first-order chi connectivity index (χ1) is 6.07. The number of nitrogens with zero attached hydrogens (tertiary/aromatic N) is 2. The van der Waals surface area contributed by atoms with Crippen LogP contribution >= 0.6 is 11.6 Å². The zero-order valence-corrected chi connectivity index (χ0v) is 8.13. The molecule has 0 saturated heterocycles. The summed E-state index contributed by atoms with van der Waals surface area (Å²) in [6, 6.07) is 0. The molecule has 0 aliphatic rings. The van der Waals surface area contributed by atoms with Crippen LogP contribution in [-0.2, 0) is 0 Å². The Labute approximate surface area is 81.0 Å². The van der Waals surface area contributed by atoms with Crippen LogP contribution < -0.4 is 5.73 Å². The lowest BCUT2D eigenvalue weighted by molar-refractivity contribution is 0.318. The number of pyridine rings is 1. The molecule has 70 valence electrons. The summed E-state index contributed by atoms with van der Waals surface area (Å²) in [7, 11) is 0. The highest BCUT2D eigenvalue weighted by Crippen LogP contribution is 2.20. The van der Waals surface area contributed by atoms with Gasteiger partial charge in [-0.3, -0.25) is 4.98 Å². The van der Waals surface area contributed by atoms with Crippen LogP contribution in [0.4, 0.5) is 0 Å². The molecule has 0 aliphatic carbocycles. The summed E-state index contributed by atoms with van der Waals surface area (Å²) in [6.07, 6.45) is 1.53. The Hall–Kier alpha value is -1.29. The second-order valence-corrected chi connectivity index (χ2v) is 3.06. The number of rotatable bonds is 1. The van der Waals surface area contributed by atoms with Crippen molar-refractivity contribution in [3.8, 4) is 0 Å². The Morgan fingerprint density at radius 1 is 1.62 bits per heavy atom. The van der Waals surface area contributed by atoms with Crippen molar-refractivity contribution < 1.29 is 5.21 Å². The number of oxime groups is 1. The predicted molar refractivity (Wildman–Crippen MR) is 51.2 cm³/mol. The van der Waals surface area contributed by atoms with E-state index in [9.17, 15) is 0 Å². The molecule has 0 amide bonds. The molecule has 0 bridgehead atoms. The van der Waals surface area contributed by atoms with Crippen molar-refractivity contribution >= 4 is 17.4 Å². The first-order valence-corrected chi connectivity index (χ1v) is 4.05. The van der Waals surface area contributed by atoms with Gasteiger partial charge in [-0.2, -0.15) is 0 Å². The summed E-state index contributed by atoms with van der Waals surface area (Å²) in [6.45, 7) is 3.59. The molecule has 0 aromatic carbocycles. The number of nitrogens with two attached hydrogens (primary N) is 1. The molecule has 0 fully saturated rings. The highest BCUT2D eigenvalue weighted by Gasteiger charge is 2.09. The number of amidine groups is 1. The maximum Gasteiger partial charge on any atom is 0.171 e. The van der Waals surface area contributed by atoms with Gasteiger partial charge in [0.25, 0.3) is 0 Å². The van der Waals surface area contributed by atoms with Crippen LogP contribution in [0.1, 0.15) is 16.8 Å². The van der Waals surface area contributed by atoms with Crippen LogP contribution in [0.25, 0.3) is 0 Å². The normalized spacial score (nSPS) is 11.8. The number of hydrogen-bond donors (Lipinski definition) is 2. The first kappa shape index (κ1) is 9.80. The molecule has 0 atom stereocenters. The molecule has 1 aromatic rings. The Morgan fingerprint density at radius 2 is 2.23 bits per heavy atom. The fraction of sp³-hybridized carbons (Fsp3) is 0.250. The summed E-state index contributed by atoms with van der Waals surface area (Å²) >= 11 is 5.93. The van der Waals surface area contributed by atoms with E-state index >= 15 is 0 Å². The number of halogens is 1. The standard InChI is InChI=1S/C8H10ClN3O/c1-4-6(8(10)12-13)3-11-5(2)7(4)9/h3,13H,1-2H3,(H2,10,12). The van der Waals surface area contributed by atoms with Gasteiger partial charge in [-0.05, 0) is 19.4 Å². The Bertz CT molecular complexity index is 363. The van der Waals surface area contributed by atoms with Gasteiger partial charge in [0.05, 0.1) is 10.7 Å². The molecule has 0 radical (unpaired) electrons. The molecule has 1 aromatic heterocycles. The summed E-state index contributed by atoms with van der Waals surface area (Å²) in [5, 5.41) is 11.9. The quantitative estimate of drug-likeness (QED) is 0.311. The van der Waals surface area contributed by atoms with Gasteiger partial charge in [-0.15, -0.1) is 0 Å². The van der Waals surface area contributed by atoms with E-state index in [0.29, 0.717) is 10.6 Å². The van der Waals surface area contributed by atoms with Gasteiger partial charge in [0, 0.05) is 11.8 Å². The lowest BCUT2D eigenvalue weighted by Crippen LogP contribution is -2.15. The molecule has 13 heavy (non-hydrogen) atoms. The molecule has 0 saturated carbocycles. The SMILES string of the molecule is Cc1ncc(C(N)=NO)c(C)c1Cl. The van der Waals surface area contributed by atoms with E-state index in [2.05, 4.69) is 10.1 Å². The average Bonchev–Trinajstić information content (AvgIpc) is 2.13. The van der Waals surface area contributed by atoms with Gasteiger partial charge < -0.3 is 10.9 Å². The third-order valence-electron chi connectivity index (χ3n) is 1.82. The average molecular weight is 200 g/mol. The fourth-order valence-electron chi connectivity index (χ4n) is 1.02. The van der Waals surface area contributed by atoms with Crippen molar-refractivity contribution in [1.29, 1.82) is 0 Å². The lowest BCUT2D eigenvalue weighted by Gasteiger charge is -2.06. The molecule has 4 nitrogen and oxygen atoms in total. The predicted octanol–water partition coefficient (Wildman–Crippen LogP) is 1.45. The monoisotopic (exact) mass is 199 g/mol. The summed E-state index contributed by atoms with van der Waals surface area (Å²) in [4.78, 5) is 4.00. The van der Waals surface area contributed by atoms with E-state index in [0.717, 1.165) is 11.3 Å². The van der Waals surface area contributed by atoms with Crippen LogP contribution in [0.5, 0.6) is 0 Å². The van der Waals surface area contributed by atoms with Gasteiger partial charge in [-0.1, -0.05) is 16.8 Å². The minimum atomic E-state index is 0.0203. The zero-order valence-electron chi connectivity index (χ0n) is 7.37. The summed E-state index contributed by atoms with van der Waals surface area (Å²) in [5.41, 5.74) is 7.47. The molecular weight excluding hydrogens is 190 g/mol. The largest absolute Gasteiger partial charge is 0.409 e. The maximum absolute atomic E-state index is 8.46. The molecular formula is C8H10ClN3O. The smallest absolute Gasteiger partial charge is 0.171 e. The van der Waals surface area contributed by atoms with Crippen molar-refractivity contribution in [3.05, 3.63) is 28.0 Å². The number of aryl methyl sites for hydroxylation is 1. The van der Waals surface area contributed by atoms with Crippen LogP contribution in [0.15, 0.2) is 11.4 Å². The van der Waals surface area contributed by atoms with Crippen LogP contribution in [0.3, 0.4) is 0 Å². The lowest BCUT2D eigenvalue weighted by atomic mass is 10.1. The Morgan fingerprint density at radius 3 is 2.77 bits per heavy atom. The molecule has 0 unspecified atom stereocenters. The van der Waals surface area contributed by atoms with E-state index in [1.807, 2.05) is 0 Å². The van der Waals surface area contributed by atoms with E-state index in [4.69, 9.17) is 22.5 Å². The van der Waals surface area contributed by atoms with Crippen LogP contribution in [0, 0.1) is 13.8 Å². The van der Waals surface area contributed by atoms with Gasteiger partial charge >= 0.3 is 0 Å². The van der Waals surface area contributed by atoms with E-state index in [1.54, 1.807) is 13.8 Å². The van der Waals surface area contributed by atoms with Gasteiger partial charge in [0.2, 0.25) is 0 Å². The molecule has 0 spiro atoms. The van der Waals surface area contributed by atoms with Crippen LogP contribution in [0.2, 0.25) is 5.02 Å². The maximum atomic E-state index is 8.46. The van der Waals surface area contributed by atoms with Gasteiger partial charge in [0.15, 0.2) is 5.84 Å². The molecule has 0 aliphatic heterocycles. The first-order valence-electron chi connectivity index (χ1n) is 3.67. The minimum Gasteiger partial charge on any atom is -0.409 e. The van der Waals surface area contributed by atoms with Crippen molar-refractivity contribution in [2.45, 2.75) is 13.8 Å². The van der Waals surface area contributed by atoms with E-state index in [-0.39, 0.29) is 5.84 Å². The third kappa shape index (κ3) is 1.72.